The van der Waals surface area contributed by atoms with Crippen molar-refractivity contribution < 1.29 is 32.6 Å². The molecule has 0 fully saturated rings. The third kappa shape index (κ3) is 80.0. The Morgan fingerprint density at radius 1 is 0.242 bits per heavy atom. The number of carboxylic acid groups (broad SMARTS) is 3. The Morgan fingerprint density at radius 2 is 0.339 bits per heavy atom. The van der Waals surface area contributed by atoms with Crippen LogP contribution in [0, 0.1) is 0 Å². The van der Waals surface area contributed by atoms with E-state index < -0.39 is 17.9 Å². The summed E-state index contributed by atoms with van der Waals surface area (Å²) in [6.07, 6.45) is 59.6. The molecule has 62 heavy (non-hydrogen) atoms. The summed E-state index contributed by atoms with van der Waals surface area (Å²) in [5, 5.41) is 30.7. The van der Waals surface area contributed by atoms with E-state index in [0.717, 1.165) is 38.5 Å². The summed E-state index contributed by atoms with van der Waals surface area (Å²) in [7, 11) is 0. The van der Waals surface area contributed by atoms with Crippen LogP contribution in [0.4, 0.5) is 0 Å². The Bertz CT molecular complexity index is 737. The average molecular weight is 904 g/mol. The largest absolute Gasteiger partial charge is 3.00 e. The number of rotatable bonds is 48. The van der Waals surface area contributed by atoms with Crippen LogP contribution in [0.3, 0.4) is 0 Å². The Kier molecular flexibility index (Phi) is 76.8. The van der Waals surface area contributed by atoms with Crippen LogP contribution < -0.4 is 15.3 Å². The Labute approximate surface area is 417 Å². The number of carboxylic acids is 3. The molecule has 0 amide bonds. The maximum atomic E-state index is 10.2. The van der Waals surface area contributed by atoms with Gasteiger partial charge in [-0.15, -0.1) is 0 Å². The number of aliphatic carboxylic acids is 3. The first-order valence-electron chi connectivity index (χ1n) is 26.9. The third-order valence-corrected chi connectivity index (χ3v) is 12.0. The maximum Gasteiger partial charge on any atom is 3.00 e. The van der Waals surface area contributed by atoms with Crippen LogP contribution in [0.2, 0.25) is 0 Å². The van der Waals surface area contributed by atoms with E-state index in [1.54, 1.807) is 0 Å². The van der Waals surface area contributed by atoms with E-state index >= 15 is 0 Å². The zero-order chi connectivity index (χ0) is 44.7. The summed E-state index contributed by atoms with van der Waals surface area (Å²) >= 11 is 0. The summed E-state index contributed by atoms with van der Waals surface area (Å²) in [6, 6.07) is 0. The van der Waals surface area contributed by atoms with Crippen molar-refractivity contribution in [3.8, 4) is 0 Å². The van der Waals surface area contributed by atoms with Crippen molar-refractivity contribution in [2.45, 2.75) is 329 Å². The number of unbranched alkanes of at least 4 members (excludes halogenated alkanes) is 42. The Balaban J connectivity index is -0.000000148. The van der Waals surface area contributed by atoms with Crippen LogP contribution in [0.1, 0.15) is 332 Å². The Morgan fingerprint density at radius 3 is 0.435 bits per heavy atom. The van der Waals surface area contributed by atoms with Crippen LogP contribution >= 0.6 is 0 Å². The number of carbonyl (C=O) groups is 3. The molecule has 0 aliphatic carbocycles. The molecule has 0 aromatic carbocycles. The van der Waals surface area contributed by atoms with Crippen molar-refractivity contribution in [2.75, 3.05) is 0 Å². The zero-order valence-corrected chi connectivity index (χ0v) is 44.7. The SMILES string of the molecule is CCCCCCCCCCCCCCCCCC(=O)[O-].CCCCCCCCCCCCCCCCCC(=O)[O-].CCCCCCCCCCCCCCCCCC(=O)[O-].[Al+3].[H-].[H-].[Mg+2]. The molecular formula is C54H107AlMgO6. The van der Waals surface area contributed by atoms with Gasteiger partial charge in [0.05, 0.1) is 0 Å². The quantitative estimate of drug-likeness (QED) is 0.0443. The minimum atomic E-state index is -0.903. The summed E-state index contributed by atoms with van der Waals surface area (Å²) in [5.74, 6) is -2.71. The van der Waals surface area contributed by atoms with Crippen LogP contribution in [0.15, 0.2) is 0 Å². The van der Waals surface area contributed by atoms with Crippen molar-refractivity contribution >= 4 is 58.3 Å². The van der Waals surface area contributed by atoms with Gasteiger partial charge in [0.25, 0.3) is 0 Å². The molecule has 0 radical (unpaired) electrons. The smallest absolute Gasteiger partial charge is 1.00 e. The van der Waals surface area contributed by atoms with Gasteiger partial charge < -0.3 is 32.6 Å². The first-order valence-corrected chi connectivity index (χ1v) is 26.9. The van der Waals surface area contributed by atoms with Crippen LogP contribution in [-0.4, -0.2) is 58.3 Å². The van der Waals surface area contributed by atoms with Gasteiger partial charge in [-0.25, -0.2) is 0 Å². The van der Waals surface area contributed by atoms with Crippen LogP contribution in [0.5, 0.6) is 0 Å². The normalized spacial score (nSPS) is 10.5. The molecule has 0 saturated carbocycles. The van der Waals surface area contributed by atoms with Crippen LogP contribution in [-0.2, 0) is 14.4 Å². The molecule has 0 aromatic heterocycles. The number of hydrogen-bond donors (Lipinski definition) is 0. The molecule has 0 aromatic rings. The van der Waals surface area contributed by atoms with Crippen molar-refractivity contribution in [3.05, 3.63) is 0 Å². The van der Waals surface area contributed by atoms with Gasteiger partial charge in [-0.3, -0.25) is 0 Å². The van der Waals surface area contributed by atoms with Crippen molar-refractivity contribution in [1.82, 2.24) is 0 Å². The van der Waals surface area contributed by atoms with E-state index in [1.807, 2.05) is 0 Å². The average Bonchev–Trinajstić information content (AvgIpc) is 3.22. The van der Waals surface area contributed by atoms with E-state index in [9.17, 15) is 29.7 Å². The molecule has 0 aliphatic rings. The second-order valence-electron chi connectivity index (χ2n) is 18.2. The summed E-state index contributed by atoms with van der Waals surface area (Å²) in [5.41, 5.74) is 0. The van der Waals surface area contributed by atoms with Gasteiger partial charge in [-0.1, -0.05) is 290 Å². The molecule has 0 unspecified atom stereocenters. The molecule has 8 heteroatoms. The summed E-state index contributed by atoms with van der Waals surface area (Å²) < 4.78 is 0. The predicted octanol–water partition coefficient (Wildman–Crippen LogP) is 14.5. The second-order valence-corrected chi connectivity index (χ2v) is 18.2. The number of hydrogen-bond acceptors (Lipinski definition) is 6. The van der Waals surface area contributed by atoms with Gasteiger partial charge in [0.2, 0.25) is 0 Å². The fraction of sp³-hybridized carbons (Fsp3) is 0.944. The van der Waals surface area contributed by atoms with E-state index in [4.69, 9.17) is 0 Å². The van der Waals surface area contributed by atoms with E-state index in [1.165, 1.54) is 250 Å². The summed E-state index contributed by atoms with van der Waals surface area (Å²) in [4.78, 5) is 30.7. The second kappa shape index (κ2) is 67.3. The predicted molar refractivity (Wildman–Crippen MR) is 267 cm³/mol. The molecule has 0 rings (SSSR count). The van der Waals surface area contributed by atoms with Gasteiger partial charge in [-0.05, 0) is 38.5 Å². The van der Waals surface area contributed by atoms with Gasteiger partial charge in [0, 0.05) is 17.9 Å². The third-order valence-electron chi connectivity index (χ3n) is 12.0. The topological polar surface area (TPSA) is 120 Å². The van der Waals surface area contributed by atoms with Crippen molar-refractivity contribution in [1.29, 1.82) is 0 Å². The molecule has 0 heterocycles. The standard InChI is InChI=1S/3C18H36O2.Al.Mg.2H/c3*1-2-3-4-5-6-7-8-9-10-11-12-13-14-15-16-17-18(19)20;;;;/h3*2-17H2,1H3,(H,19,20);;;;/q;;;+3;+2;2*-1/p-3. The molecule has 0 saturated heterocycles. The van der Waals surface area contributed by atoms with E-state index in [-0.39, 0.29) is 62.5 Å². The van der Waals surface area contributed by atoms with Gasteiger partial charge in [-0.2, -0.15) is 0 Å². The minimum absolute atomic E-state index is 0. The van der Waals surface area contributed by atoms with Gasteiger partial charge >= 0.3 is 40.4 Å². The molecule has 0 spiro atoms. The van der Waals surface area contributed by atoms with E-state index in [0.29, 0.717) is 0 Å². The van der Waals surface area contributed by atoms with Crippen LogP contribution in [0.25, 0.3) is 0 Å². The molecule has 0 bridgehead atoms. The zero-order valence-electron chi connectivity index (χ0n) is 44.2. The summed E-state index contributed by atoms with van der Waals surface area (Å²) in [6.45, 7) is 6.80. The van der Waals surface area contributed by atoms with Crippen molar-refractivity contribution in [2.24, 2.45) is 0 Å². The maximum absolute atomic E-state index is 10.2. The van der Waals surface area contributed by atoms with E-state index in [2.05, 4.69) is 20.8 Å². The minimum Gasteiger partial charge on any atom is -1.00 e. The first-order chi connectivity index (χ1) is 29.3. The molecule has 0 N–H and O–H groups in total. The van der Waals surface area contributed by atoms with Gasteiger partial charge in [0.1, 0.15) is 0 Å². The molecule has 0 atom stereocenters. The van der Waals surface area contributed by atoms with Gasteiger partial charge in [0.15, 0.2) is 0 Å². The first kappa shape index (κ1) is 70.7. The number of carbonyl (C=O) groups excluding carboxylic acids is 3. The fourth-order valence-electron chi connectivity index (χ4n) is 7.92. The monoisotopic (exact) mass is 903 g/mol. The molecular weight excluding hydrogens is 796 g/mol. The molecule has 6 nitrogen and oxygen atoms in total. The molecule has 0 aliphatic heterocycles. The van der Waals surface area contributed by atoms with Crippen molar-refractivity contribution in [3.63, 3.8) is 0 Å². The Hall–Kier alpha value is -0.291. The molecule has 364 valence electrons. The fourth-order valence-corrected chi connectivity index (χ4v) is 7.92.